The number of nitrogens with zero attached hydrogens (tertiary/aromatic N) is 4. The van der Waals surface area contributed by atoms with Gasteiger partial charge in [-0.1, -0.05) is 6.07 Å². The number of nitrogens with one attached hydrogen (secondary N) is 2. The highest BCUT2D eigenvalue weighted by molar-refractivity contribution is 6.02. The maximum absolute atomic E-state index is 12.2. The molecule has 2 N–H and O–H groups in total. The van der Waals surface area contributed by atoms with Crippen LogP contribution in [0.4, 0.5) is 0 Å². The quantitative estimate of drug-likeness (QED) is 0.591. The Hall–Kier alpha value is -3.79. The minimum Gasteiger partial charge on any atom is -0.350 e. The molecule has 1 amide bonds. The van der Waals surface area contributed by atoms with E-state index in [-0.39, 0.29) is 12.3 Å². The third-order valence-electron chi connectivity index (χ3n) is 4.02. The van der Waals surface area contributed by atoms with E-state index < -0.39 is 0 Å². The minimum absolute atomic E-state index is 0.126. The van der Waals surface area contributed by atoms with Gasteiger partial charge in [-0.05, 0) is 30.3 Å². The average Bonchev–Trinajstić information content (AvgIpc) is 3.09. The first kappa shape index (κ1) is 15.7. The summed E-state index contributed by atoms with van der Waals surface area (Å²) in [7, 11) is 0. The van der Waals surface area contributed by atoms with Crippen LogP contribution in [0.1, 0.15) is 17.1 Å². The van der Waals surface area contributed by atoms with Gasteiger partial charge in [0, 0.05) is 11.6 Å². The van der Waals surface area contributed by atoms with Crippen molar-refractivity contribution in [3.05, 3.63) is 65.9 Å². The summed E-state index contributed by atoms with van der Waals surface area (Å²) in [6.45, 7) is 0.371. The molecule has 0 bridgehead atoms. The number of hydrogen-bond acceptors (Lipinski definition) is 5. The van der Waals surface area contributed by atoms with Crippen LogP contribution in [-0.4, -0.2) is 25.8 Å². The topological polar surface area (TPSA) is 107 Å². The van der Waals surface area contributed by atoms with Crippen LogP contribution in [0.15, 0.2) is 48.8 Å². The van der Waals surface area contributed by atoms with E-state index in [1.165, 1.54) is 0 Å². The van der Waals surface area contributed by atoms with Crippen LogP contribution >= 0.6 is 0 Å². The van der Waals surface area contributed by atoms with Crippen LogP contribution in [-0.2, 0) is 17.8 Å². The van der Waals surface area contributed by atoms with E-state index in [9.17, 15) is 4.79 Å². The second kappa shape index (κ2) is 6.61. The van der Waals surface area contributed by atoms with Crippen molar-refractivity contribution < 1.29 is 4.79 Å². The summed E-state index contributed by atoms with van der Waals surface area (Å²) >= 11 is 0. The second-order valence-electron chi connectivity index (χ2n) is 5.82. The summed E-state index contributed by atoms with van der Waals surface area (Å²) in [6, 6.07) is 13.0. The van der Waals surface area contributed by atoms with E-state index in [1.54, 1.807) is 30.6 Å². The van der Waals surface area contributed by atoms with Crippen molar-refractivity contribution >= 4 is 27.8 Å². The van der Waals surface area contributed by atoms with E-state index >= 15 is 0 Å². The van der Waals surface area contributed by atoms with E-state index in [2.05, 4.69) is 31.3 Å². The molecule has 0 saturated carbocycles. The summed E-state index contributed by atoms with van der Waals surface area (Å²) in [4.78, 5) is 28.4. The fourth-order valence-corrected chi connectivity index (χ4v) is 2.77. The molecule has 0 aliphatic carbocycles. The highest BCUT2D eigenvalue weighted by Gasteiger charge is 2.11. The van der Waals surface area contributed by atoms with E-state index in [1.807, 2.05) is 18.2 Å². The zero-order valence-electron chi connectivity index (χ0n) is 13.7. The number of imidazole rings is 1. The van der Waals surface area contributed by atoms with Gasteiger partial charge in [0.05, 0.1) is 53.0 Å². The van der Waals surface area contributed by atoms with Crippen LogP contribution in [0.5, 0.6) is 0 Å². The summed E-state index contributed by atoms with van der Waals surface area (Å²) < 4.78 is 0. The van der Waals surface area contributed by atoms with Crippen LogP contribution in [0.2, 0.25) is 0 Å². The van der Waals surface area contributed by atoms with Crippen LogP contribution in [0, 0.1) is 11.3 Å². The lowest BCUT2D eigenvalue weighted by atomic mass is 10.1. The van der Waals surface area contributed by atoms with Crippen molar-refractivity contribution in [3.63, 3.8) is 0 Å². The van der Waals surface area contributed by atoms with Crippen molar-refractivity contribution in [1.82, 2.24) is 25.3 Å². The van der Waals surface area contributed by atoms with E-state index in [0.717, 1.165) is 22.1 Å². The van der Waals surface area contributed by atoms with Gasteiger partial charge in [0.15, 0.2) is 0 Å². The fourth-order valence-electron chi connectivity index (χ4n) is 2.77. The monoisotopic (exact) mass is 342 g/mol. The van der Waals surface area contributed by atoms with Crippen molar-refractivity contribution in [2.45, 2.75) is 13.0 Å². The van der Waals surface area contributed by atoms with Gasteiger partial charge in [-0.2, -0.15) is 5.26 Å². The first-order valence-electron chi connectivity index (χ1n) is 8.07. The van der Waals surface area contributed by atoms with Crippen LogP contribution in [0.3, 0.4) is 0 Å². The predicted octanol–water partition coefficient (Wildman–Crippen LogP) is 2.24. The molecule has 0 aliphatic rings. The van der Waals surface area contributed by atoms with Gasteiger partial charge >= 0.3 is 0 Å². The molecule has 0 unspecified atom stereocenters. The zero-order chi connectivity index (χ0) is 17.9. The molecule has 4 aromatic rings. The fraction of sp³-hybridized carbons (Fsp3) is 0.105. The lowest BCUT2D eigenvalue weighted by molar-refractivity contribution is -0.120. The Morgan fingerprint density at radius 2 is 2.15 bits per heavy atom. The van der Waals surface area contributed by atoms with Gasteiger partial charge in [0.1, 0.15) is 5.82 Å². The lowest BCUT2D eigenvalue weighted by Crippen LogP contribution is -2.25. The molecule has 7 nitrogen and oxygen atoms in total. The molecule has 4 rings (SSSR count). The van der Waals surface area contributed by atoms with E-state index in [0.29, 0.717) is 23.4 Å². The molecular formula is C19H14N6O. The Labute approximate surface area is 148 Å². The van der Waals surface area contributed by atoms with Gasteiger partial charge in [-0.3, -0.25) is 14.8 Å². The predicted molar refractivity (Wildman–Crippen MR) is 95.9 cm³/mol. The van der Waals surface area contributed by atoms with Gasteiger partial charge in [-0.15, -0.1) is 0 Å². The Balaban J connectivity index is 1.56. The number of nitriles is 1. The number of pyridine rings is 2. The Morgan fingerprint density at radius 3 is 2.96 bits per heavy atom. The normalized spacial score (nSPS) is 10.7. The van der Waals surface area contributed by atoms with Gasteiger partial charge in [-0.25, -0.2) is 4.98 Å². The number of carbonyl (C=O) groups excluding carboxylic acids is 1. The summed E-state index contributed by atoms with van der Waals surface area (Å²) in [6.07, 6.45) is 3.50. The van der Waals surface area contributed by atoms with Gasteiger partial charge in [0.2, 0.25) is 5.91 Å². The van der Waals surface area contributed by atoms with Crippen molar-refractivity contribution in [3.8, 4) is 6.07 Å². The molecular weight excluding hydrogens is 328 g/mol. The van der Waals surface area contributed by atoms with Crippen molar-refractivity contribution in [1.29, 1.82) is 5.26 Å². The van der Waals surface area contributed by atoms with Crippen molar-refractivity contribution in [2.24, 2.45) is 0 Å². The second-order valence-corrected chi connectivity index (χ2v) is 5.82. The molecule has 0 aliphatic heterocycles. The maximum atomic E-state index is 12.2. The molecule has 0 fully saturated rings. The number of carbonyl (C=O) groups is 1. The SMILES string of the molecule is N#Cc1ccc2ncc3[nH]c(CC(=O)NCc4ccccn4)nc3c2c1. The molecule has 3 heterocycles. The Kier molecular flexibility index (Phi) is 4.00. The summed E-state index contributed by atoms with van der Waals surface area (Å²) in [5, 5.41) is 12.7. The number of hydrogen-bond donors (Lipinski definition) is 2. The molecule has 3 aromatic heterocycles. The third-order valence-corrected chi connectivity index (χ3v) is 4.02. The molecule has 0 saturated heterocycles. The van der Waals surface area contributed by atoms with E-state index in [4.69, 9.17) is 5.26 Å². The molecule has 0 atom stereocenters. The maximum Gasteiger partial charge on any atom is 0.227 e. The largest absolute Gasteiger partial charge is 0.350 e. The number of aromatic nitrogens is 4. The molecule has 1 aromatic carbocycles. The first-order chi connectivity index (χ1) is 12.7. The number of rotatable bonds is 4. The molecule has 7 heteroatoms. The highest BCUT2D eigenvalue weighted by atomic mass is 16.1. The number of amides is 1. The molecule has 0 radical (unpaired) electrons. The number of aromatic amines is 1. The first-order valence-corrected chi connectivity index (χ1v) is 8.07. The number of H-pyrrole nitrogens is 1. The molecule has 0 spiro atoms. The average molecular weight is 342 g/mol. The van der Waals surface area contributed by atoms with Crippen LogP contribution < -0.4 is 5.32 Å². The summed E-state index contributed by atoms with van der Waals surface area (Å²) in [5.74, 6) is 0.403. The summed E-state index contributed by atoms with van der Waals surface area (Å²) in [5.41, 5.74) is 3.54. The standard InChI is InChI=1S/C19H14N6O/c20-9-12-4-5-15-14(7-12)19-16(11-22-15)24-17(25-19)8-18(26)23-10-13-3-1-2-6-21-13/h1-7,11H,8,10H2,(H,23,26)(H,24,25). The Bertz CT molecular complexity index is 1140. The molecule has 26 heavy (non-hydrogen) atoms. The Morgan fingerprint density at radius 1 is 1.23 bits per heavy atom. The number of fused-ring (bicyclic) bond motifs is 3. The number of benzene rings is 1. The van der Waals surface area contributed by atoms with Gasteiger partial charge in [0.25, 0.3) is 0 Å². The molecule has 126 valence electrons. The van der Waals surface area contributed by atoms with Gasteiger partial charge < -0.3 is 10.3 Å². The smallest absolute Gasteiger partial charge is 0.227 e. The van der Waals surface area contributed by atoms with Crippen molar-refractivity contribution in [2.75, 3.05) is 0 Å². The minimum atomic E-state index is -0.148. The highest BCUT2D eigenvalue weighted by Crippen LogP contribution is 2.22. The van der Waals surface area contributed by atoms with Crippen LogP contribution in [0.25, 0.3) is 21.9 Å². The lowest BCUT2D eigenvalue weighted by Gasteiger charge is -2.02. The third kappa shape index (κ3) is 3.08. The zero-order valence-corrected chi connectivity index (χ0v) is 13.7.